The first-order chi connectivity index (χ1) is 14.5. The van der Waals surface area contributed by atoms with Gasteiger partial charge in [0.05, 0.1) is 13.2 Å². The second kappa shape index (κ2) is 8.54. The molecule has 0 bridgehead atoms. The SMILES string of the molecule is COc1ccc(-c2noc([C@@H]3C[C@H](NC(=O)Nc4ccc(C)cc4)CN3C)n2)cc1. The van der Waals surface area contributed by atoms with Crippen molar-refractivity contribution < 1.29 is 14.1 Å². The standard InChI is InChI=1S/C22H25N5O3/c1-14-4-8-16(9-5-14)23-22(28)24-17-12-19(27(2)13-17)21-25-20(26-30-21)15-6-10-18(29-3)11-7-15/h4-11,17,19H,12-13H2,1-3H3,(H2,23,24,28)/t17-,19-/m0/s1. The van der Waals surface area contributed by atoms with Gasteiger partial charge in [0.25, 0.3) is 0 Å². The highest BCUT2D eigenvalue weighted by molar-refractivity contribution is 5.89. The quantitative estimate of drug-likeness (QED) is 0.671. The molecule has 30 heavy (non-hydrogen) atoms. The van der Waals surface area contributed by atoms with Gasteiger partial charge in [0.15, 0.2) is 0 Å². The van der Waals surface area contributed by atoms with Crippen LogP contribution in [0.2, 0.25) is 0 Å². The number of anilines is 1. The fourth-order valence-corrected chi connectivity index (χ4v) is 3.61. The van der Waals surface area contributed by atoms with E-state index in [-0.39, 0.29) is 18.1 Å². The van der Waals surface area contributed by atoms with Crippen LogP contribution in [0, 0.1) is 6.92 Å². The third-order valence-electron chi connectivity index (χ3n) is 5.27. The smallest absolute Gasteiger partial charge is 0.319 e. The van der Waals surface area contributed by atoms with Gasteiger partial charge in [-0.2, -0.15) is 4.98 Å². The molecule has 156 valence electrons. The fraction of sp³-hybridized carbons (Fsp3) is 0.318. The van der Waals surface area contributed by atoms with Crippen LogP contribution in [0.3, 0.4) is 0 Å². The molecule has 2 amide bonds. The average Bonchev–Trinajstić information content (AvgIpc) is 3.36. The number of rotatable bonds is 5. The zero-order valence-corrected chi connectivity index (χ0v) is 17.3. The van der Waals surface area contributed by atoms with Crippen LogP contribution >= 0.6 is 0 Å². The van der Waals surface area contributed by atoms with Crippen LogP contribution in [0.5, 0.6) is 5.75 Å². The van der Waals surface area contributed by atoms with Gasteiger partial charge in [0, 0.05) is 23.8 Å². The second-order valence-electron chi connectivity index (χ2n) is 7.54. The molecule has 0 radical (unpaired) electrons. The first-order valence-electron chi connectivity index (χ1n) is 9.84. The molecule has 2 N–H and O–H groups in total. The molecule has 1 aliphatic heterocycles. The maximum absolute atomic E-state index is 12.3. The van der Waals surface area contributed by atoms with Gasteiger partial charge in [-0.1, -0.05) is 22.9 Å². The lowest BCUT2D eigenvalue weighted by Gasteiger charge is -2.14. The van der Waals surface area contributed by atoms with Crippen molar-refractivity contribution in [2.24, 2.45) is 0 Å². The van der Waals surface area contributed by atoms with Crippen molar-refractivity contribution in [1.82, 2.24) is 20.4 Å². The maximum Gasteiger partial charge on any atom is 0.319 e. The van der Waals surface area contributed by atoms with Gasteiger partial charge in [-0.25, -0.2) is 4.79 Å². The van der Waals surface area contributed by atoms with E-state index in [4.69, 9.17) is 9.26 Å². The number of aromatic nitrogens is 2. The predicted molar refractivity (Wildman–Crippen MR) is 113 cm³/mol. The summed E-state index contributed by atoms with van der Waals surface area (Å²) < 4.78 is 10.7. The number of likely N-dealkylation sites (N-methyl/N-ethyl adjacent to an activating group) is 1. The monoisotopic (exact) mass is 407 g/mol. The zero-order chi connectivity index (χ0) is 21.1. The molecule has 8 nitrogen and oxygen atoms in total. The summed E-state index contributed by atoms with van der Waals surface area (Å²) in [5.74, 6) is 1.86. The molecule has 2 atom stereocenters. The van der Waals surface area contributed by atoms with Crippen molar-refractivity contribution in [3.8, 4) is 17.1 Å². The van der Waals surface area contributed by atoms with E-state index in [9.17, 15) is 4.79 Å². The molecular weight excluding hydrogens is 382 g/mol. The number of urea groups is 1. The molecule has 2 heterocycles. The molecule has 0 unspecified atom stereocenters. The van der Waals surface area contributed by atoms with Crippen LogP contribution in [0.4, 0.5) is 10.5 Å². The Kier molecular flexibility index (Phi) is 5.67. The van der Waals surface area contributed by atoms with E-state index in [1.165, 1.54) is 0 Å². The summed E-state index contributed by atoms with van der Waals surface area (Å²) in [5.41, 5.74) is 2.77. The van der Waals surface area contributed by atoms with Crippen molar-refractivity contribution in [2.75, 3.05) is 26.0 Å². The number of nitrogens with one attached hydrogen (secondary N) is 2. The zero-order valence-electron chi connectivity index (χ0n) is 17.3. The topological polar surface area (TPSA) is 92.5 Å². The van der Waals surface area contributed by atoms with Crippen molar-refractivity contribution in [2.45, 2.75) is 25.4 Å². The van der Waals surface area contributed by atoms with Gasteiger partial charge in [-0.3, -0.25) is 4.90 Å². The fourth-order valence-electron chi connectivity index (χ4n) is 3.61. The molecule has 1 aliphatic rings. The van der Waals surface area contributed by atoms with Gasteiger partial charge in [0.2, 0.25) is 11.7 Å². The van der Waals surface area contributed by atoms with Gasteiger partial charge in [-0.05, 0) is 56.8 Å². The number of aryl methyl sites for hydroxylation is 1. The molecule has 1 fully saturated rings. The van der Waals surface area contributed by atoms with E-state index in [2.05, 4.69) is 25.7 Å². The highest BCUT2D eigenvalue weighted by atomic mass is 16.5. The first kappa shape index (κ1) is 19.9. The summed E-state index contributed by atoms with van der Waals surface area (Å²) in [7, 11) is 3.62. The van der Waals surface area contributed by atoms with Gasteiger partial charge >= 0.3 is 6.03 Å². The predicted octanol–water partition coefficient (Wildman–Crippen LogP) is 3.62. The van der Waals surface area contributed by atoms with Gasteiger partial charge < -0.3 is 19.9 Å². The molecule has 1 saturated heterocycles. The molecule has 0 aliphatic carbocycles. The van der Waals surface area contributed by atoms with Crippen molar-refractivity contribution in [3.63, 3.8) is 0 Å². The number of nitrogens with zero attached hydrogens (tertiary/aromatic N) is 3. The van der Waals surface area contributed by atoms with Crippen molar-refractivity contribution in [3.05, 3.63) is 60.0 Å². The minimum atomic E-state index is -0.220. The number of likely N-dealkylation sites (tertiary alicyclic amines) is 1. The van der Waals surface area contributed by atoms with E-state index in [1.807, 2.05) is 62.5 Å². The lowest BCUT2D eigenvalue weighted by molar-refractivity contribution is 0.243. The number of carbonyl (C=O) groups excluding carboxylic acids is 1. The van der Waals surface area contributed by atoms with Crippen LogP contribution in [-0.2, 0) is 0 Å². The molecule has 4 rings (SSSR count). The Bertz CT molecular complexity index is 1000. The summed E-state index contributed by atoms with van der Waals surface area (Å²) in [4.78, 5) is 19.0. The Morgan fingerprint density at radius 1 is 1.17 bits per heavy atom. The lowest BCUT2D eigenvalue weighted by atomic mass is 10.1. The van der Waals surface area contributed by atoms with Gasteiger partial charge in [0.1, 0.15) is 5.75 Å². The van der Waals surface area contributed by atoms with Gasteiger partial charge in [-0.15, -0.1) is 0 Å². The van der Waals surface area contributed by atoms with Crippen LogP contribution < -0.4 is 15.4 Å². The van der Waals surface area contributed by atoms with Crippen molar-refractivity contribution >= 4 is 11.7 Å². The third kappa shape index (κ3) is 4.44. The Morgan fingerprint density at radius 3 is 2.60 bits per heavy atom. The number of ether oxygens (including phenoxy) is 1. The van der Waals surface area contributed by atoms with Crippen LogP contribution in [0.15, 0.2) is 53.1 Å². The Labute approximate surface area is 175 Å². The molecule has 0 spiro atoms. The summed E-state index contributed by atoms with van der Waals surface area (Å²) in [6, 6.07) is 14.9. The minimum absolute atomic E-state index is 0.0122. The summed E-state index contributed by atoms with van der Waals surface area (Å²) in [6.45, 7) is 2.71. The van der Waals surface area contributed by atoms with Crippen LogP contribution in [0.1, 0.15) is 23.9 Å². The average molecular weight is 407 g/mol. The molecule has 0 saturated carbocycles. The normalized spacial score (nSPS) is 18.9. The molecular formula is C22H25N5O3. The summed E-state index contributed by atoms with van der Waals surface area (Å²) in [5, 5.41) is 10.0. The molecule has 3 aromatic rings. The Balaban J connectivity index is 1.37. The van der Waals surface area contributed by atoms with E-state index in [0.29, 0.717) is 24.7 Å². The highest BCUT2D eigenvalue weighted by Gasteiger charge is 2.35. The number of carbonyl (C=O) groups is 1. The van der Waals surface area contributed by atoms with Crippen molar-refractivity contribution in [1.29, 1.82) is 0 Å². The Morgan fingerprint density at radius 2 is 1.90 bits per heavy atom. The second-order valence-corrected chi connectivity index (χ2v) is 7.54. The number of methoxy groups -OCH3 is 1. The van der Waals surface area contributed by atoms with Crippen LogP contribution in [-0.4, -0.2) is 47.8 Å². The number of hydrogen-bond donors (Lipinski definition) is 2. The van der Waals surface area contributed by atoms with E-state index >= 15 is 0 Å². The summed E-state index contributed by atoms with van der Waals surface area (Å²) in [6.07, 6.45) is 0.696. The lowest BCUT2D eigenvalue weighted by Crippen LogP contribution is -2.39. The summed E-state index contributed by atoms with van der Waals surface area (Å²) >= 11 is 0. The molecule has 2 aromatic carbocycles. The third-order valence-corrected chi connectivity index (χ3v) is 5.27. The Hall–Kier alpha value is -3.39. The highest BCUT2D eigenvalue weighted by Crippen LogP contribution is 2.31. The first-order valence-corrected chi connectivity index (χ1v) is 9.84. The number of hydrogen-bond acceptors (Lipinski definition) is 6. The number of benzene rings is 2. The van der Waals surface area contributed by atoms with E-state index in [0.717, 1.165) is 22.6 Å². The minimum Gasteiger partial charge on any atom is -0.497 e. The van der Waals surface area contributed by atoms with E-state index in [1.54, 1.807) is 7.11 Å². The van der Waals surface area contributed by atoms with Crippen LogP contribution in [0.25, 0.3) is 11.4 Å². The van der Waals surface area contributed by atoms with E-state index < -0.39 is 0 Å². The maximum atomic E-state index is 12.3. The molecule has 1 aromatic heterocycles. The molecule has 8 heteroatoms. The number of amides is 2. The largest absolute Gasteiger partial charge is 0.497 e.